The molecule has 0 bridgehead atoms. The van der Waals surface area contributed by atoms with E-state index in [-0.39, 0.29) is 0 Å². The zero-order chi connectivity index (χ0) is 14.7. The van der Waals surface area contributed by atoms with Gasteiger partial charge in [-0.3, -0.25) is 4.79 Å². The van der Waals surface area contributed by atoms with Gasteiger partial charge in [0.05, 0.1) is 5.56 Å². The Labute approximate surface area is 120 Å². The minimum absolute atomic E-state index is 0.380. The monoisotopic (exact) mass is 276 g/mol. The van der Waals surface area contributed by atoms with E-state index in [1.165, 1.54) is 6.42 Å². The summed E-state index contributed by atoms with van der Waals surface area (Å²) in [5.74, 6) is 0.157. The van der Waals surface area contributed by atoms with Crippen molar-refractivity contribution in [3.8, 4) is 0 Å². The number of likely N-dealkylation sites (tertiary alicyclic amines) is 1. The van der Waals surface area contributed by atoms with Crippen LogP contribution in [0.3, 0.4) is 0 Å². The highest BCUT2D eigenvalue weighted by Crippen LogP contribution is 2.21. The number of rotatable bonds is 5. The smallest absolute Gasteiger partial charge is 0.250 e. The van der Waals surface area contributed by atoms with Crippen LogP contribution in [-0.2, 0) is 0 Å². The van der Waals surface area contributed by atoms with Crippen LogP contribution in [0.4, 0.5) is 11.4 Å². The summed E-state index contributed by atoms with van der Waals surface area (Å²) in [5, 5.41) is 3.38. The average Bonchev–Trinajstić information content (AvgIpc) is 2.86. The van der Waals surface area contributed by atoms with Gasteiger partial charge in [-0.15, -0.1) is 0 Å². The number of benzene rings is 1. The molecule has 1 aliphatic heterocycles. The highest BCUT2D eigenvalue weighted by Gasteiger charge is 2.23. The standard InChI is InChI=1S/C15H24N4O/c1-10(2)19-6-5-11(9-19)8-18-12-3-4-14(16)13(7-12)15(17)20/h3-4,7,10-11,18H,5-6,8-9,16H2,1-2H3,(H2,17,20). The fourth-order valence-corrected chi connectivity index (χ4v) is 2.64. The molecule has 20 heavy (non-hydrogen) atoms. The van der Waals surface area contributed by atoms with E-state index in [2.05, 4.69) is 24.1 Å². The van der Waals surface area contributed by atoms with Crippen molar-refractivity contribution in [2.75, 3.05) is 30.7 Å². The van der Waals surface area contributed by atoms with Crippen LogP contribution in [0.1, 0.15) is 30.6 Å². The van der Waals surface area contributed by atoms with Gasteiger partial charge < -0.3 is 21.7 Å². The first-order chi connectivity index (χ1) is 9.47. The van der Waals surface area contributed by atoms with E-state index < -0.39 is 5.91 Å². The Hall–Kier alpha value is -1.75. The molecule has 0 saturated carbocycles. The first-order valence-corrected chi connectivity index (χ1v) is 7.14. The largest absolute Gasteiger partial charge is 0.398 e. The van der Waals surface area contributed by atoms with Crippen LogP contribution in [0.25, 0.3) is 0 Å². The number of amides is 1. The topological polar surface area (TPSA) is 84.4 Å². The van der Waals surface area contributed by atoms with E-state index in [1.54, 1.807) is 12.1 Å². The molecule has 1 amide bonds. The van der Waals surface area contributed by atoms with E-state index >= 15 is 0 Å². The minimum Gasteiger partial charge on any atom is -0.398 e. The number of carbonyl (C=O) groups is 1. The zero-order valence-corrected chi connectivity index (χ0v) is 12.2. The third-order valence-electron chi connectivity index (χ3n) is 3.96. The molecule has 0 aromatic heterocycles. The zero-order valence-electron chi connectivity index (χ0n) is 12.2. The summed E-state index contributed by atoms with van der Waals surface area (Å²) in [7, 11) is 0. The van der Waals surface area contributed by atoms with Crippen molar-refractivity contribution in [3.05, 3.63) is 23.8 Å². The molecule has 5 heteroatoms. The van der Waals surface area contributed by atoms with Gasteiger partial charge in [0.15, 0.2) is 0 Å². The quantitative estimate of drug-likeness (QED) is 0.712. The molecule has 1 unspecified atom stereocenters. The molecule has 1 saturated heterocycles. The van der Waals surface area contributed by atoms with Gasteiger partial charge >= 0.3 is 0 Å². The van der Waals surface area contributed by atoms with Gasteiger partial charge in [-0.2, -0.15) is 0 Å². The lowest BCUT2D eigenvalue weighted by atomic mass is 10.1. The van der Waals surface area contributed by atoms with Crippen molar-refractivity contribution in [1.82, 2.24) is 4.90 Å². The molecule has 1 aliphatic rings. The molecule has 1 heterocycles. The van der Waals surface area contributed by atoms with E-state index in [1.807, 2.05) is 6.07 Å². The Balaban J connectivity index is 1.92. The molecule has 5 nitrogen and oxygen atoms in total. The lowest BCUT2D eigenvalue weighted by molar-refractivity contribution is 0.100. The number of anilines is 2. The van der Waals surface area contributed by atoms with Crippen LogP contribution >= 0.6 is 0 Å². The lowest BCUT2D eigenvalue weighted by Gasteiger charge is -2.20. The van der Waals surface area contributed by atoms with Gasteiger partial charge in [0.25, 0.3) is 5.91 Å². The van der Waals surface area contributed by atoms with Gasteiger partial charge in [-0.25, -0.2) is 0 Å². The lowest BCUT2D eigenvalue weighted by Crippen LogP contribution is -2.29. The second-order valence-electron chi connectivity index (χ2n) is 5.79. The maximum Gasteiger partial charge on any atom is 0.250 e. The Bertz CT molecular complexity index is 487. The summed E-state index contributed by atoms with van der Waals surface area (Å²) in [6.45, 7) is 7.66. The molecular formula is C15H24N4O. The number of hydrogen-bond donors (Lipinski definition) is 3. The van der Waals surface area contributed by atoms with E-state index in [4.69, 9.17) is 11.5 Å². The van der Waals surface area contributed by atoms with Crippen LogP contribution in [0, 0.1) is 5.92 Å². The van der Waals surface area contributed by atoms with Crippen molar-refractivity contribution in [1.29, 1.82) is 0 Å². The van der Waals surface area contributed by atoms with Gasteiger partial charge in [0.2, 0.25) is 0 Å². The van der Waals surface area contributed by atoms with Crippen molar-refractivity contribution in [2.24, 2.45) is 11.7 Å². The summed E-state index contributed by atoms with van der Waals surface area (Å²) in [5.41, 5.74) is 12.7. The highest BCUT2D eigenvalue weighted by molar-refractivity contribution is 5.98. The normalized spacial score (nSPS) is 19.4. The van der Waals surface area contributed by atoms with Crippen molar-refractivity contribution in [3.63, 3.8) is 0 Å². The van der Waals surface area contributed by atoms with Gasteiger partial charge in [0.1, 0.15) is 0 Å². The Kier molecular flexibility index (Phi) is 4.49. The summed E-state index contributed by atoms with van der Waals surface area (Å²) in [4.78, 5) is 13.8. The highest BCUT2D eigenvalue weighted by atomic mass is 16.1. The van der Waals surface area contributed by atoms with Crippen LogP contribution < -0.4 is 16.8 Å². The number of nitrogens with zero attached hydrogens (tertiary/aromatic N) is 1. The van der Waals surface area contributed by atoms with Crippen LogP contribution in [-0.4, -0.2) is 36.5 Å². The van der Waals surface area contributed by atoms with E-state index in [9.17, 15) is 4.79 Å². The summed E-state index contributed by atoms with van der Waals surface area (Å²) < 4.78 is 0. The summed E-state index contributed by atoms with van der Waals surface area (Å²) in [6.07, 6.45) is 1.21. The number of nitrogens with one attached hydrogen (secondary N) is 1. The molecule has 1 atom stereocenters. The number of nitrogen functional groups attached to an aromatic ring is 1. The molecule has 2 rings (SSSR count). The van der Waals surface area contributed by atoms with Crippen molar-refractivity contribution < 1.29 is 4.79 Å². The summed E-state index contributed by atoms with van der Waals surface area (Å²) in [6, 6.07) is 5.94. The molecule has 0 radical (unpaired) electrons. The fourth-order valence-electron chi connectivity index (χ4n) is 2.64. The number of carbonyl (C=O) groups excluding carboxylic acids is 1. The third-order valence-corrected chi connectivity index (χ3v) is 3.96. The maximum atomic E-state index is 11.3. The van der Waals surface area contributed by atoms with Crippen LogP contribution in [0.2, 0.25) is 0 Å². The third kappa shape index (κ3) is 3.42. The average molecular weight is 276 g/mol. The van der Waals surface area contributed by atoms with Crippen LogP contribution in [0.5, 0.6) is 0 Å². The second-order valence-corrected chi connectivity index (χ2v) is 5.79. The number of nitrogens with two attached hydrogens (primary N) is 2. The molecule has 5 N–H and O–H groups in total. The van der Waals surface area contributed by atoms with Gasteiger partial charge in [0, 0.05) is 30.5 Å². The van der Waals surface area contributed by atoms with E-state index in [0.29, 0.717) is 23.2 Å². The maximum absolute atomic E-state index is 11.3. The Morgan fingerprint density at radius 1 is 1.50 bits per heavy atom. The molecule has 1 aromatic rings. The van der Waals surface area contributed by atoms with Gasteiger partial charge in [-0.1, -0.05) is 0 Å². The molecule has 0 aliphatic carbocycles. The number of primary amides is 1. The second kappa shape index (κ2) is 6.13. The Morgan fingerprint density at radius 3 is 2.85 bits per heavy atom. The predicted molar refractivity (Wildman–Crippen MR) is 82.7 cm³/mol. The first-order valence-electron chi connectivity index (χ1n) is 7.14. The molecule has 1 fully saturated rings. The van der Waals surface area contributed by atoms with Gasteiger partial charge in [-0.05, 0) is 50.9 Å². The fraction of sp³-hybridized carbons (Fsp3) is 0.533. The summed E-state index contributed by atoms with van der Waals surface area (Å²) >= 11 is 0. The van der Waals surface area contributed by atoms with Crippen molar-refractivity contribution in [2.45, 2.75) is 26.3 Å². The number of hydrogen-bond acceptors (Lipinski definition) is 4. The minimum atomic E-state index is -0.488. The molecular weight excluding hydrogens is 252 g/mol. The first kappa shape index (κ1) is 14.7. The van der Waals surface area contributed by atoms with Crippen LogP contribution in [0.15, 0.2) is 18.2 Å². The van der Waals surface area contributed by atoms with E-state index in [0.717, 1.165) is 25.3 Å². The SMILES string of the molecule is CC(C)N1CCC(CNc2ccc(N)c(C(N)=O)c2)C1. The Morgan fingerprint density at radius 2 is 2.25 bits per heavy atom. The molecule has 110 valence electrons. The molecule has 1 aromatic carbocycles. The molecule has 0 spiro atoms. The van der Waals surface area contributed by atoms with Crippen molar-refractivity contribution >= 4 is 17.3 Å². The predicted octanol–water partition coefficient (Wildman–Crippen LogP) is 1.51.